The van der Waals surface area contributed by atoms with Crippen molar-refractivity contribution in [3.63, 3.8) is 0 Å². The summed E-state index contributed by atoms with van der Waals surface area (Å²) in [5.41, 5.74) is -0.479. The molecule has 0 amide bonds. The molecule has 0 aliphatic carbocycles. The molecule has 1 aliphatic heterocycles. The predicted molar refractivity (Wildman–Crippen MR) is 47.0 cm³/mol. The molecule has 1 saturated heterocycles. The zero-order chi connectivity index (χ0) is 9.03. The van der Waals surface area contributed by atoms with Crippen LogP contribution >= 0.6 is 0 Å². The summed E-state index contributed by atoms with van der Waals surface area (Å²) in [6.45, 7) is 3.82. The molecule has 0 unspecified atom stereocenters. The van der Waals surface area contributed by atoms with E-state index in [-0.39, 0.29) is 13.2 Å². The summed E-state index contributed by atoms with van der Waals surface area (Å²) in [6, 6.07) is 0.407. The van der Waals surface area contributed by atoms with Crippen molar-refractivity contribution in [3.05, 3.63) is 0 Å². The molecule has 4 N–H and O–H groups in total. The van der Waals surface area contributed by atoms with Crippen LogP contribution in [0.2, 0.25) is 0 Å². The van der Waals surface area contributed by atoms with Gasteiger partial charge in [0.15, 0.2) is 0 Å². The Balaban J connectivity index is 2.39. The lowest BCUT2D eigenvalue weighted by Crippen LogP contribution is -2.65. The van der Waals surface area contributed by atoms with E-state index in [4.69, 9.17) is 10.2 Å². The van der Waals surface area contributed by atoms with Crippen LogP contribution in [0.4, 0.5) is 0 Å². The van der Waals surface area contributed by atoms with Crippen molar-refractivity contribution in [2.24, 2.45) is 0 Å². The Morgan fingerprint density at radius 1 is 1.42 bits per heavy atom. The molecule has 1 rings (SSSR count). The van der Waals surface area contributed by atoms with Crippen LogP contribution in [0.15, 0.2) is 0 Å². The quantitative estimate of drug-likeness (QED) is 0.417. The van der Waals surface area contributed by atoms with E-state index in [0.717, 1.165) is 19.5 Å². The summed E-state index contributed by atoms with van der Waals surface area (Å²) >= 11 is 0. The summed E-state index contributed by atoms with van der Waals surface area (Å²) in [6.07, 6.45) is 0.747. The zero-order valence-electron chi connectivity index (χ0n) is 7.51. The molecule has 0 bridgehead atoms. The first-order valence-corrected chi connectivity index (χ1v) is 4.46. The fourth-order valence-electron chi connectivity index (χ4n) is 1.29. The number of nitrogens with one attached hydrogen (secondary N) is 2. The number of hydrogen-bond donors (Lipinski definition) is 4. The van der Waals surface area contributed by atoms with Gasteiger partial charge in [0.05, 0.1) is 18.8 Å². The highest BCUT2D eigenvalue weighted by atomic mass is 16.3. The molecule has 0 saturated carbocycles. The normalized spacial score (nSPS) is 19.2. The molecule has 1 aliphatic rings. The van der Waals surface area contributed by atoms with Gasteiger partial charge in [0, 0.05) is 19.1 Å². The minimum Gasteiger partial charge on any atom is -0.394 e. The number of aliphatic hydroxyl groups excluding tert-OH is 2. The first kappa shape index (κ1) is 9.92. The van der Waals surface area contributed by atoms with E-state index < -0.39 is 5.54 Å². The highest BCUT2D eigenvalue weighted by Crippen LogP contribution is 2.10. The molecule has 0 aromatic heterocycles. The summed E-state index contributed by atoms with van der Waals surface area (Å²) in [7, 11) is 0. The van der Waals surface area contributed by atoms with Crippen LogP contribution in [0, 0.1) is 0 Å². The second-order valence-corrected chi connectivity index (χ2v) is 3.45. The van der Waals surface area contributed by atoms with Crippen molar-refractivity contribution < 1.29 is 10.2 Å². The van der Waals surface area contributed by atoms with Gasteiger partial charge in [0.2, 0.25) is 0 Å². The summed E-state index contributed by atoms with van der Waals surface area (Å²) in [5.74, 6) is 0. The summed E-state index contributed by atoms with van der Waals surface area (Å²) in [4.78, 5) is 0. The predicted octanol–water partition coefficient (Wildman–Crippen LogP) is -1.32. The van der Waals surface area contributed by atoms with Gasteiger partial charge in [-0.15, -0.1) is 0 Å². The third kappa shape index (κ3) is 1.95. The van der Waals surface area contributed by atoms with Gasteiger partial charge in [0.1, 0.15) is 0 Å². The number of aliphatic hydroxyl groups is 2. The number of hydrogen-bond acceptors (Lipinski definition) is 4. The lowest BCUT2D eigenvalue weighted by Gasteiger charge is -2.38. The topological polar surface area (TPSA) is 64.5 Å². The Kier molecular flexibility index (Phi) is 3.46. The molecular formula is C8H18N2O2. The van der Waals surface area contributed by atoms with Crippen LogP contribution in [0.1, 0.15) is 13.3 Å². The molecular weight excluding hydrogens is 156 g/mol. The molecule has 0 aromatic carbocycles. The van der Waals surface area contributed by atoms with Crippen molar-refractivity contribution in [2.45, 2.75) is 24.9 Å². The summed E-state index contributed by atoms with van der Waals surface area (Å²) < 4.78 is 0. The molecule has 72 valence electrons. The third-order valence-corrected chi connectivity index (χ3v) is 2.57. The molecule has 0 atom stereocenters. The van der Waals surface area contributed by atoms with Crippen LogP contribution in [0.3, 0.4) is 0 Å². The first-order chi connectivity index (χ1) is 5.76. The van der Waals surface area contributed by atoms with Crippen molar-refractivity contribution >= 4 is 0 Å². The van der Waals surface area contributed by atoms with Gasteiger partial charge in [-0.1, -0.05) is 6.92 Å². The van der Waals surface area contributed by atoms with Crippen molar-refractivity contribution in [2.75, 3.05) is 26.3 Å². The van der Waals surface area contributed by atoms with E-state index in [1.165, 1.54) is 0 Å². The Labute approximate surface area is 73.0 Å². The van der Waals surface area contributed by atoms with E-state index >= 15 is 0 Å². The van der Waals surface area contributed by atoms with Crippen molar-refractivity contribution in [3.8, 4) is 0 Å². The monoisotopic (exact) mass is 174 g/mol. The lowest BCUT2D eigenvalue weighted by atomic mass is 9.96. The van der Waals surface area contributed by atoms with Gasteiger partial charge in [-0.05, 0) is 6.42 Å². The maximum atomic E-state index is 9.10. The molecule has 0 spiro atoms. The highest BCUT2D eigenvalue weighted by molar-refractivity contribution is 4.93. The van der Waals surface area contributed by atoms with Gasteiger partial charge in [-0.25, -0.2) is 0 Å². The average Bonchev–Trinajstić information content (AvgIpc) is 2.05. The van der Waals surface area contributed by atoms with Crippen LogP contribution in [-0.2, 0) is 0 Å². The molecule has 4 heteroatoms. The zero-order valence-corrected chi connectivity index (χ0v) is 7.51. The second-order valence-electron chi connectivity index (χ2n) is 3.45. The fraction of sp³-hybridized carbons (Fsp3) is 1.00. The first-order valence-electron chi connectivity index (χ1n) is 4.46. The number of rotatable bonds is 5. The maximum absolute atomic E-state index is 9.10. The lowest BCUT2D eigenvalue weighted by molar-refractivity contribution is 0.0704. The fourth-order valence-corrected chi connectivity index (χ4v) is 1.29. The largest absolute Gasteiger partial charge is 0.394 e. The van der Waals surface area contributed by atoms with Gasteiger partial charge in [0.25, 0.3) is 0 Å². The molecule has 0 radical (unpaired) electrons. The van der Waals surface area contributed by atoms with Crippen molar-refractivity contribution in [1.82, 2.24) is 10.6 Å². The molecule has 1 heterocycles. The molecule has 4 nitrogen and oxygen atoms in total. The van der Waals surface area contributed by atoms with Crippen LogP contribution in [0.5, 0.6) is 0 Å². The summed E-state index contributed by atoms with van der Waals surface area (Å²) in [5, 5.41) is 24.6. The van der Waals surface area contributed by atoms with Crippen molar-refractivity contribution in [1.29, 1.82) is 0 Å². The SMILES string of the molecule is CCC(CO)(CO)NC1CNC1. The van der Waals surface area contributed by atoms with Gasteiger partial charge in [-0.2, -0.15) is 0 Å². The Morgan fingerprint density at radius 2 is 2.00 bits per heavy atom. The second kappa shape index (κ2) is 4.18. The maximum Gasteiger partial charge on any atom is 0.0648 e. The van der Waals surface area contributed by atoms with Gasteiger partial charge < -0.3 is 20.8 Å². The van der Waals surface area contributed by atoms with E-state index in [2.05, 4.69) is 10.6 Å². The molecule has 0 aromatic rings. The Hall–Kier alpha value is -0.160. The van der Waals surface area contributed by atoms with Crippen LogP contribution in [0.25, 0.3) is 0 Å². The molecule has 1 fully saturated rings. The minimum atomic E-state index is -0.479. The smallest absolute Gasteiger partial charge is 0.0648 e. The van der Waals surface area contributed by atoms with E-state index in [9.17, 15) is 0 Å². The van der Waals surface area contributed by atoms with E-state index in [1.807, 2.05) is 6.92 Å². The molecule has 12 heavy (non-hydrogen) atoms. The van der Waals surface area contributed by atoms with Gasteiger partial charge in [-0.3, -0.25) is 0 Å². The van der Waals surface area contributed by atoms with E-state index in [1.54, 1.807) is 0 Å². The standard InChI is InChI=1S/C8H18N2O2/c1-2-8(5-11,6-12)10-7-3-9-4-7/h7,9-12H,2-6H2,1H3. The van der Waals surface area contributed by atoms with Crippen LogP contribution < -0.4 is 10.6 Å². The van der Waals surface area contributed by atoms with Gasteiger partial charge >= 0.3 is 0 Å². The Bertz CT molecular complexity index is 125. The highest BCUT2D eigenvalue weighted by Gasteiger charge is 2.31. The minimum absolute atomic E-state index is 0.00347. The van der Waals surface area contributed by atoms with E-state index in [0.29, 0.717) is 6.04 Å². The third-order valence-electron chi connectivity index (χ3n) is 2.57. The average molecular weight is 174 g/mol. The Morgan fingerprint density at radius 3 is 2.25 bits per heavy atom. The van der Waals surface area contributed by atoms with Crippen LogP contribution in [-0.4, -0.2) is 48.1 Å².